The number of piperidine rings is 1. The molecule has 0 aliphatic carbocycles. The maximum absolute atomic E-state index is 13.0. The van der Waals surface area contributed by atoms with Crippen LogP contribution in [0.5, 0.6) is 0 Å². The standard InChI is InChI=1S/C23H30N2O/c1-18(2)25-15-13-19(14-16-25)17-24-23(26)22(20-9-5-3-6-10-20)21-11-7-4-8-12-21/h3-12,18-19,22H,13-17H2,1-2H3,(H,24,26). The van der Waals surface area contributed by atoms with E-state index >= 15 is 0 Å². The second kappa shape index (κ2) is 9.00. The second-order valence-corrected chi connectivity index (χ2v) is 7.57. The minimum absolute atomic E-state index is 0.105. The molecule has 0 bridgehead atoms. The fraction of sp³-hybridized carbons (Fsp3) is 0.435. The topological polar surface area (TPSA) is 32.3 Å². The Bertz CT molecular complexity index is 636. The van der Waals surface area contributed by atoms with E-state index in [2.05, 4.69) is 24.1 Å². The molecule has 1 N–H and O–H groups in total. The van der Waals surface area contributed by atoms with Gasteiger partial charge in [0, 0.05) is 12.6 Å². The molecule has 1 fully saturated rings. The Labute approximate surface area is 157 Å². The van der Waals surface area contributed by atoms with Gasteiger partial charge in [-0.1, -0.05) is 60.7 Å². The van der Waals surface area contributed by atoms with Gasteiger partial charge in [-0.15, -0.1) is 0 Å². The van der Waals surface area contributed by atoms with Crippen molar-refractivity contribution in [2.24, 2.45) is 5.92 Å². The zero-order valence-electron chi connectivity index (χ0n) is 15.9. The highest BCUT2D eigenvalue weighted by Crippen LogP contribution is 2.25. The number of hydrogen-bond donors (Lipinski definition) is 1. The van der Waals surface area contributed by atoms with Crippen LogP contribution >= 0.6 is 0 Å². The average Bonchev–Trinajstić information content (AvgIpc) is 2.68. The molecule has 0 aromatic heterocycles. The molecule has 0 radical (unpaired) electrons. The molecule has 2 aromatic rings. The predicted molar refractivity (Wildman–Crippen MR) is 107 cm³/mol. The van der Waals surface area contributed by atoms with Crippen molar-refractivity contribution >= 4 is 5.91 Å². The number of benzene rings is 2. The van der Waals surface area contributed by atoms with E-state index < -0.39 is 0 Å². The van der Waals surface area contributed by atoms with E-state index in [9.17, 15) is 4.79 Å². The zero-order chi connectivity index (χ0) is 18.4. The van der Waals surface area contributed by atoms with Crippen molar-refractivity contribution in [2.75, 3.05) is 19.6 Å². The van der Waals surface area contributed by atoms with Crippen LogP contribution in [0.4, 0.5) is 0 Å². The summed E-state index contributed by atoms with van der Waals surface area (Å²) in [5.74, 6) is 0.447. The Kier molecular flexibility index (Phi) is 6.45. The molecule has 0 spiro atoms. The molecule has 0 atom stereocenters. The molecule has 0 saturated carbocycles. The Morgan fingerprint density at radius 3 is 1.92 bits per heavy atom. The maximum atomic E-state index is 13.0. The Balaban J connectivity index is 1.64. The van der Waals surface area contributed by atoms with Crippen molar-refractivity contribution in [3.05, 3.63) is 71.8 Å². The monoisotopic (exact) mass is 350 g/mol. The van der Waals surface area contributed by atoms with E-state index in [1.54, 1.807) is 0 Å². The highest BCUT2D eigenvalue weighted by molar-refractivity contribution is 5.87. The third-order valence-electron chi connectivity index (χ3n) is 5.47. The van der Waals surface area contributed by atoms with Crippen LogP contribution in [0.3, 0.4) is 0 Å². The quantitative estimate of drug-likeness (QED) is 0.852. The summed E-state index contributed by atoms with van der Waals surface area (Å²) < 4.78 is 0. The van der Waals surface area contributed by atoms with E-state index in [0.29, 0.717) is 12.0 Å². The van der Waals surface area contributed by atoms with E-state index in [-0.39, 0.29) is 11.8 Å². The highest BCUT2D eigenvalue weighted by Gasteiger charge is 2.25. The molecule has 26 heavy (non-hydrogen) atoms. The molecule has 3 nitrogen and oxygen atoms in total. The lowest BCUT2D eigenvalue weighted by Crippen LogP contribution is -2.42. The summed E-state index contributed by atoms with van der Waals surface area (Å²) in [6.07, 6.45) is 2.33. The van der Waals surface area contributed by atoms with Crippen molar-refractivity contribution in [3.8, 4) is 0 Å². The first-order valence-electron chi connectivity index (χ1n) is 9.77. The van der Waals surface area contributed by atoms with Crippen LogP contribution in [0.15, 0.2) is 60.7 Å². The van der Waals surface area contributed by atoms with Gasteiger partial charge in [-0.05, 0) is 56.8 Å². The van der Waals surface area contributed by atoms with Gasteiger partial charge in [-0.2, -0.15) is 0 Å². The molecular weight excluding hydrogens is 320 g/mol. The summed E-state index contributed by atoms with van der Waals surface area (Å²) in [6, 6.07) is 20.8. The average molecular weight is 351 g/mol. The smallest absolute Gasteiger partial charge is 0.232 e. The molecule has 1 heterocycles. The Hall–Kier alpha value is -2.13. The van der Waals surface area contributed by atoms with Crippen LogP contribution in [-0.2, 0) is 4.79 Å². The third-order valence-corrected chi connectivity index (χ3v) is 5.47. The second-order valence-electron chi connectivity index (χ2n) is 7.57. The van der Waals surface area contributed by atoms with Crippen LogP contribution < -0.4 is 5.32 Å². The minimum Gasteiger partial charge on any atom is -0.355 e. The summed E-state index contributed by atoms with van der Waals surface area (Å²) >= 11 is 0. The molecular formula is C23H30N2O. The summed E-state index contributed by atoms with van der Waals surface area (Å²) in [6.45, 7) is 7.57. The van der Waals surface area contributed by atoms with Crippen LogP contribution in [0.25, 0.3) is 0 Å². The third kappa shape index (κ3) is 4.73. The number of nitrogens with zero attached hydrogens (tertiary/aromatic N) is 1. The predicted octanol–water partition coefficient (Wildman–Crippen LogP) is 4.06. The first-order chi connectivity index (χ1) is 12.6. The van der Waals surface area contributed by atoms with Crippen LogP contribution in [0, 0.1) is 5.92 Å². The molecule has 138 valence electrons. The fourth-order valence-corrected chi connectivity index (χ4v) is 3.81. The minimum atomic E-state index is -0.242. The molecule has 1 aliphatic heterocycles. The molecule has 3 rings (SSSR count). The lowest BCUT2D eigenvalue weighted by atomic mass is 9.90. The molecule has 2 aromatic carbocycles. The number of carbonyl (C=O) groups excluding carboxylic acids is 1. The van der Waals surface area contributed by atoms with Crippen molar-refractivity contribution in [1.29, 1.82) is 0 Å². The molecule has 1 aliphatic rings. The highest BCUT2D eigenvalue weighted by atomic mass is 16.1. The number of hydrogen-bond acceptors (Lipinski definition) is 2. The van der Waals surface area contributed by atoms with E-state index in [4.69, 9.17) is 0 Å². The van der Waals surface area contributed by atoms with E-state index in [0.717, 1.165) is 30.8 Å². The molecule has 3 heteroatoms. The van der Waals surface area contributed by atoms with Gasteiger partial charge < -0.3 is 10.2 Å². The van der Waals surface area contributed by atoms with Crippen molar-refractivity contribution < 1.29 is 4.79 Å². The lowest BCUT2D eigenvalue weighted by Gasteiger charge is -2.34. The van der Waals surface area contributed by atoms with Crippen molar-refractivity contribution in [3.63, 3.8) is 0 Å². The van der Waals surface area contributed by atoms with Crippen molar-refractivity contribution in [1.82, 2.24) is 10.2 Å². The molecule has 0 unspecified atom stereocenters. The first kappa shape index (κ1) is 18.7. The molecule has 1 saturated heterocycles. The van der Waals surface area contributed by atoms with Gasteiger partial charge in [0.2, 0.25) is 5.91 Å². The van der Waals surface area contributed by atoms with E-state index in [1.807, 2.05) is 60.7 Å². The van der Waals surface area contributed by atoms with Gasteiger partial charge in [0.15, 0.2) is 0 Å². The van der Waals surface area contributed by atoms with Gasteiger partial charge in [-0.3, -0.25) is 4.79 Å². The summed E-state index contributed by atoms with van der Waals surface area (Å²) in [7, 11) is 0. The SMILES string of the molecule is CC(C)N1CCC(CNC(=O)C(c2ccccc2)c2ccccc2)CC1. The van der Waals surface area contributed by atoms with E-state index in [1.165, 1.54) is 12.8 Å². The summed E-state index contributed by atoms with van der Waals surface area (Å²) in [5, 5.41) is 3.24. The Morgan fingerprint density at radius 2 is 1.46 bits per heavy atom. The lowest BCUT2D eigenvalue weighted by molar-refractivity contribution is -0.122. The molecule has 1 amide bonds. The van der Waals surface area contributed by atoms with Gasteiger partial charge in [-0.25, -0.2) is 0 Å². The number of rotatable bonds is 6. The van der Waals surface area contributed by atoms with Gasteiger partial charge >= 0.3 is 0 Å². The van der Waals surface area contributed by atoms with Gasteiger partial charge in [0.1, 0.15) is 0 Å². The number of amides is 1. The normalized spacial score (nSPS) is 16.2. The Morgan fingerprint density at radius 1 is 0.962 bits per heavy atom. The van der Waals surface area contributed by atoms with Crippen LogP contribution in [-0.4, -0.2) is 36.5 Å². The van der Waals surface area contributed by atoms with Gasteiger partial charge in [0.25, 0.3) is 0 Å². The first-order valence-corrected chi connectivity index (χ1v) is 9.77. The zero-order valence-corrected chi connectivity index (χ0v) is 15.9. The number of carbonyl (C=O) groups is 1. The largest absolute Gasteiger partial charge is 0.355 e. The summed E-state index contributed by atoms with van der Waals surface area (Å²) in [4.78, 5) is 15.6. The van der Waals surface area contributed by atoms with Crippen LogP contribution in [0.1, 0.15) is 43.7 Å². The maximum Gasteiger partial charge on any atom is 0.232 e. The summed E-state index contributed by atoms with van der Waals surface area (Å²) in [5.41, 5.74) is 2.09. The number of likely N-dealkylation sites (tertiary alicyclic amines) is 1. The fourth-order valence-electron chi connectivity index (χ4n) is 3.81. The van der Waals surface area contributed by atoms with Gasteiger partial charge in [0.05, 0.1) is 5.92 Å². The van der Waals surface area contributed by atoms with Crippen LogP contribution in [0.2, 0.25) is 0 Å². The number of nitrogens with one attached hydrogen (secondary N) is 1. The van der Waals surface area contributed by atoms with Crippen molar-refractivity contribution in [2.45, 2.75) is 38.6 Å².